The first-order valence-corrected chi connectivity index (χ1v) is 13.7. The van der Waals surface area contributed by atoms with Crippen LogP contribution in [0.5, 0.6) is 0 Å². The van der Waals surface area contributed by atoms with Gasteiger partial charge in [0.2, 0.25) is 5.95 Å². The molecule has 4 aromatic rings. The van der Waals surface area contributed by atoms with E-state index in [9.17, 15) is 8.42 Å². The van der Waals surface area contributed by atoms with E-state index in [1.807, 2.05) is 31.3 Å². The molecule has 1 saturated carbocycles. The number of pyridine rings is 1. The maximum absolute atomic E-state index is 12.7. The quantitative estimate of drug-likeness (QED) is 0.320. The summed E-state index contributed by atoms with van der Waals surface area (Å²) in [6.07, 6.45) is 7.56. The zero-order chi connectivity index (χ0) is 25.3. The van der Waals surface area contributed by atoms with Crippen molar-refractivity contribution in [3.05, 3.63) is 71.5 Å². The predicted octanol–water partition coefficient (Wildman–Crippen LogP) is 5.14. The van der Waals surface area contributed by atoms with Crippen molar-refractivity contribution in [2.45, 2.75) is 49.6 Å². The molecule has 0 bridgehead atoms. The first-order chi connectivity index (χ1) is 17.3. The molecule has 1 aliphatic rings. The molecule has 1 aliphatic carbocycles. The van der Waals surface area contributed by atoms with Gasteiger partial charge in [0, 0.05) is 35.4 Å². The Morgan fingerprint density at radius 3 is 2.53 bits per heavy atom. The molecule has 186 valence electrons. The van der Waals surface area contributed by atoms with E-state index in [0.717, 1.165) is 53.3 Å². The Morgan fingerprint density at radius 1 is 1.00 bits per heavy atom. The molecule has 0 saturated heterocycles. The highest BCUT2D eigenvalue weighted by atomic mass is 35.5. The SMILES string of the molecule is Cc1cc(NS(=O)(=O)c2ccccc2Cl)ncc1-c1ccc2nc(N[C@H]3CC[C@H](N)CC3)ncc2c1. The lowest BCUT2D eigenvalue weighted by Crippen LogP contribution is -2.33. The van der Waals surface area contributed by atoms with E-state index in [2.05, 4.69) is 25.0 Å². The second kappa shape index (κ2) is 10.0. The number of hydrogen-bond acceptors (Lipinski definition) is 7. The molecule has 0 amide bonds. The molecule has 4 N–H and O–H groups in total. The van der Waals surface area contributed by atoms with Gasteiger partial charge in [-0.2, -0.15) is 0 Å². The van der Waals surface area contributed by atoms with E-state index in [1.54, 1.807) is 24.4 Å². The molecular formula is C26H27ClN6O2S. The van der Waals surface area contributed by atoms with Gasteiger partial charge in [-0.25, -0.2) is 23.4 Å². The van der Waals surface area contributed by atoms with Crippen molar-refractivity contribution in [1.82, 2.24) is 15.0 Å². The summed E-state index contributed by atoms with van der Waals surface area (Å²) in [4.78, 5) is 13.5. The number of anilines is 2. The topological polar surface area (TPSA) is 123 Å². The van der Waals surface area contributed by atoms with Crippen LogP contribution in [0.1, 0.15) is 31.2 Å². The minimum Gasteiger partial charge on any atom is -0.351 e. The summed E-state index contributed by atoms with van der Waals surface area (Å²) < 4.78 is 28.0. The van der Waals surface area contributed by atoms with Gasteiger partial charge in [0.05, 0.1) is 10.5 Å². The summed E-state index contributed by atoms with van der Waals surface area (Å²) in [6.45, 7) is 1.91. The molecular weight excluding hydrogens is 496 g/mol. The lowest BCUT2D eigenvalue weighted by atomic mass is 9.92. The molecule has 0 unspecified atom stereocenters. The van der Waals surface area contributed by atoms with Gasteiger partial charge in [0.15, 0.2) is 0 Å². The fraction of sp³-hybridized carbons (Fsp3) is 0.269. The largest absolute Gasteiger partial charge is 0.351 e. The third-order valence-electron chi connectivity index (χ3n) is 6.47. The zero-order valence-electron chi connectivity index (χ0n) is 19.8. The minimum atomic E-state index is -3.86. The lowest BCUT2D eigenvalue weighted by molar-refractivity contribution is 0.410. The molecule has 2 aromatic carbocycles. The molecule has 10 heteroatoms. The maximum Gasteiger partial charge on any atom is 0.264 e. The molecule has 36 heavy (non-hydrogen) atoms. The smallest absolute Gasteiger partial charge is 0.264 e. The van der Waals surface area contributed by atoms with Crippen molar-refractivity contribution in [1.29, 1.82) is 0 Å². The Kier molecular flexibility index (Phi) is 6.79. The molecule has 8 nitrogen and oxygen atoms in total. The number of rotatable bonds is 6. The molecule has 0 radical (unpaired) electrons. The lowest BCUT2D eigenvalue weighted by Gasteiger charge is -2.26. The minimum absolute atomic E-state index is 0.00523. The van der Waals surface area contributed by atoms with Crippen molar-refractivity contribution in [3.63, 3.8) is 0 Å². The van der Waals surface area contributed by atoms with Crippen LogP contribution in [-0.2, 0) is 10.0 Å². The number of fused-ring (bicyclic) bond motifs is 1. The zero-order valence-corrected chi connectivity index (χ0v) is 21.4. The van der Waals surface area contributed by atoms with Gasteiger partial charge in [-0.15, -0.1) is 0 Å². The molecule has 2 heterocycles. The number of nitrogens with one attached hydrogen (secondary N) is 2. The second-order valence-electron chi connectivity index (χ2n) is 9.14. The number of aromatic nitrogens is 3. The van der Waals surface area contributed by atoms with Crippen LogP contribution in [0.15, 0.2) is 65.8 Å². The number of halogens is 1. The van der Waals surface area contributed by atoms with Gasteiger partial charge in [-0.05, 0) is 74.1 Å². The summed E-state index contributed by atoms with van der Waals surface area (Å²) in [5, 5.41) is 4.50. The molecule has 0 spiro atoms. The van der Waals surface area contributed by atoms with Crippen LogP contribution in [0.2, 0.25) is 5.02 Å². The van der Waals surface area contributed by atoms with Crippen molar-refractivity contribution < 1.29 is 8.42 Å². The third-order valence-corrected chi connectivity index (χ3v) is 8.33. The fourth-order valence-corrected chi connectivity index (χ4v) is 6.01. The van der Waals surface area contributed by atoms with Gasteiger partial charge in [-0.3, -0.25) is 4.72 Å². The number of hydrogen-bond donors (Lipinski definition) is 3. The highest BCUT2D eigenvalue weighted by molar-refractivity contribution is 7.92. The molecule has 0 aliphatic heterocycles. The van der Waals surface area contributed by atoms with E-state index in [4.69, 9.17) is 17.3 Å². The summed E-state index contributed by atoms with van der Waals surface area (Å²) >= 11 is 6.06. The second-order valence-corrected chi connectivity index (χ2v) is 11.2. The summed E-state index contributed by atoms with van der Waals surface area (Å²) in [5.41, 5.74) is 9.55. The number of aryl methyl sites for hydroxylation is 1. The van der Waals surface area contributed by atoms with Crippen LogP contribution in [0.25, 0.3) is 22.0 Å². The Labute approximate surface area is 215 Å². The summed E-state index contributed by atoms with van der Waals surface area (Å²) in [5.74, 6) is 0.850. The Hall–Kier alpha value is -3.27. The van der Waals surface area contributed by atoms with Crippen LogP contribution in [0.3, 0.4) is 0 Å². The molecule has 2 aromatic heterocycles. The summed E-state index contributed by atoms with van der Waals surface area (Å²) in [7, 11) is -3.86. The Morgan fingerprint density at radius 2 is 1.78 bits per heavy atom. The van der Waals surface area contributed by atoms with Gasteiger partial charge >= 0.3 is 0 Å². The fourth-order valence-electron chi connectivity index (χ4n) is 4.49. The number of sulfonamides is 1. The standard InChI is InChI=1S/C26H27ClN6O2S/c1-16-12-25(33-36(34,35)24-5-3-2-4-22(24)27)29-15-21(16)17-6-11-23-18(13-17)14-30-26(32-23)31-20-9-7-19(28)8-10-20/h2-6,11-15,19-20H,7-10,28H2,1H3,(H,29,33)(H,30,31,32)/t19-,20-. The molecule has 5 rings (SSSR count). The van der Waals surface area contributed by atoms with Crippen LogP contribution < -0.4 is 15.8 Å². The number of nitrogens with zero attached hydrogens (tertiary/aromatic N) is 3. The predicted molar refractivity (Wildman–Crippen MR) is 144 cm³/mol. The van der Waals surface area contributed by atoms with Gasteiger partial charge in [-0.1, -0.05) is 29.8 Å². The van der Waals surface area contributed by atoms with Crippen LogP contribution in [0.4, 0.5) is 11.8 Å². The van der Waals surface area contributed by atoms with Gasteiger partial charge in [0.25, 0.3) is 10.0 Å². The average molecular weight is 523 g/mol. The summed E-state index contributed by atoms with van der Waals surface area (Å²) in [6, 6.07) is 14.6. The van der Waals surface area contributed by atoms with E-state index in [-0.39, 0.29) is 15.7 Å². The van der Waals surface area contributed by atoms with E-state index in [0.29, 0.717) is 18.0 Å². The van der Waals surface area contributed by atoms with E-state index >= 15 is 0 Å². The van der Waals surface area contributed by atoms with Crippen molar-refractivity contribution >= 4 is 44.3 Å². The van der Waals surface area contributed by atoms with Gasteiger partial charge < -0.3 is 11.1 Å². The first kappa shape index (κ1) is 24.4. The first-order valence-electron chi connectivity index (χ1n) is 11.8. The molecule has 1 fully saturated rings. The van der Waals surface area contributed by atoms with E-state index in [1.165, 1.54) is 12.1 Å². The van der Waals surface area contributed by atoms with E-state index < -0.39 is 10.0 Å². The Balaban J connectivity index is 1.34. The van der Waals surface area contributed by atoms with Crippen LogP contribution in [0, 0.1) is 6.92 Å². The van der Waals surface area contributed by atoms with Crippen LogP contribution in [-0.4, -0.2) is 35.5 Å². The normalized spacial score (nSPS) is 18.2. The van der Waals surface area contributed by atoms with Crippen molar-refractivity contribution in [2.75, 3.05) is 10.0 Å². The Bertz CT molecular complexity index is 1520. The highest BCUT2D eigenvalue weighted by Gasteiger charge is 2.20. The number of benzene rings is 2. The van der Waals surface area contributed by atoms with Crippen LogP contribution >= 0.6 is 11.6 Å². The van der Waals surface area contributed by atoms with Gasteiger partial charge in [0.1, 0.15) is 10.7 Å². The third kappa shape index (κ3) is 5.28. The number of nitrogens with two attached hydrogens (primary N) is 1. The molecule has 0 atom stereocenters. The monoisotopic (exact) mass is 522 g/mol. The van der Waals surface area contributed by atoms with Crippen molar-refractivity contribution in [3.8, 4) is 11.1 Å². The average Bonchev–Trinajstić information content (AvgIpc) is 2.85. The maximum atomic E-state index is 12.7. The van der Waals surface area contributed by atoms with Crippen molar-refractivity contribution in [2.24, 2.45) is 5.73 Å². The highest BCUT2D eigenvalue weighted by Crippen LogP contribution is 2.29.